The maximum Gasteiger partial charge on any atom is 0.330 e. The Hall–Kier alpha value is -3.95. The third-order valence-corrected chi connectivity index (χ3v) is 3.55. The van der Waals surface area contributed by atoms with E-state index in [4.69, 9.17) is 30.5 Å². The number of anilines is 1. The van der Waals surface area contributed by atoms with Gasteiger partial charge in [-0.1, -0.05) is 0 Å². The molecule has 2 aromatic carbocycles. The number of methoxy groups -OCH3 is 2. The molecule has 0 saturated heterocycles. The van der Waals surface area contributed by atoms with E-state index in [1.54, 1.807) is 18.2 Å². The van der Waals surface area contributed by atoms with Crippen molar-refractivity contribution in [1.82, 2.24) is 0 Å². The van der Waals surface area contributed by atoms with E-state index >= 15 is 0 Å². The third-order valence-electron chi connectivity index (χ3n) is 3.55. The van der Waals surface area contributed by atoms with E-state index in [1.807, 2.05) is 0 Å². The normalized spacial score (nSPS) is 10.7. The minimum Gasteiger partial charge on any atom is -0.507 e. The standard InChI is InChI=1S/C17H19N3O5.C2H4O2/c1-24-11-5-9(6-12(8-11)25-2)15(17(22)23)20-10-3-4-13(16(18)19)14(21)7-10;1-2(3)4/h3-8,15,20-21H,1-2H3,(H3,18,19)(H,22,23);1H3,(H,3,4). The SMILES string of the molecule is CC(=O)O.COc1cc(OC)cc(C(Nc2ccc(C(=N)N)c(O)c2)C(=O)O)c1. The molecule has 0 fully saturated rings. The molecule has 156 valence electrons. The molecular weight excluding hydrogens is 382 g/mol. The fourth-order valence-corrected chi connectivity index (χ4v) is 2.30. The number of hydrogen-bond acceptors (Lipinski definition) is 7. The van der Waals surface area contributed by atoms with Crippen molar-refractivity contribution in [2.45, 2.75) is 13.0 Å². The van der Waals surface area contributed by atoms with Crippen LogP contribution in [0.1, 0.15) is 24.1 Å². The van der Waals surface area contributed by atoms with Crippen LogP contribution < -0.4 is 20.5 Å². The van der Waals surface area contributed by atoms with Crippen LogP contribution in [0.25, 0.3) is 0 Å². The first-order chi connectivity index (χ1) is 13.6. The van der Waals surface area contributed by atoms with Gasteiger partial charge >= 0.3 is 5.97 Å². The van der Waals surface area contributed by atoms with Gasteiger partial charge in [0.1, 0.15) is 23.1 Å². The number of hydrogen-bond donors (Lipinski definition) is 6. The Bertz CT molecular complexity index is 873. The van der Waals surface area contributed by atoms with E-state index in [-0.39, 0.29) is 17.1 Å². The molecule has 2 rings (SSSR count). The Labute approximate surface area is 167 Å². The first-order valence-corrected chi connectivity index (χ1v) is 8.18. The largest absolute Gasteiger partial charge is 0.507 e. The molecule has 1 atom stereocenters. The number of aromatic hydroxyl groups is 1. The Morgan fingerprint density at radius 3 is 1.97 bits per heavy atom. The first-order valence-electron chi connectivity index (χ1n) is 8.18. The zero-order valence-corrected chi connectivity index (χ0v) is 16.1. The molecule has 0 aliphatic carbocycles. The van der Waals surface area contributed by atoms with Crippen LogP contribution in [0.3, 0.4) is 0 Å². The summed E-state index contributed by atoms with van der Waals surface area (Å²) < 4.78 is 10.3. The summed E-state index contributed by atoms with van der Waals surface area (Å²) in [5.41, 5.74) is 6.29. The topological polar surface area (TPSA) is 175 Å². The molecule has 10 nitrogen and oxygen atoms in total. The molecule has 0 radical (unpaired) electrons. The van der Waals surface area contributed by atoms with Crippen LogP contribution in [0.15, 0.2) is 36.4 Å². The molecule has 0 spiro atoms. The Morgan fingerprint density at radius 2 is 1.59 bits per heavy atom. The highest BCUT2D eigenvalue weighted by molar-refractivity contribution is 5.98. The van der Waals surface area contributed by atoms with Crippen LogP contribution in [-0.2, 0) is 9.59 Å². The van der Waals surface area contributed by atoms with Gasteiger partial charge in [0.05, 0.1) is 19.8 Å². The molecule has 0 heterocycles. The molecular formula is C19H23N3O7. The van der Waals surface area contributed by atoms with Gasteiger partial charge in [-0.25, -0.2) is 4.79 Å². The number of aliphatic carboxylic acids is 2. The number of phenols is 1. The molecule has 7 N–H and O–H groups in total. The lowest BCUT2D eigenvalue weighted by molar-refractivity contribution is -0.138. The van der Waals surface area contributed by atoms with Crippen molar-refractivity contribution in [2.24, 2.45) is 5.73 Å². The van der Waals surface area contributed by atoms with Crippen LogP contribution in [0.4, 0.5) is 5.69 Å². The minimum absolute atomic E-state index is 0.167. The molecule has 0 amide bonds. The summed E-state index contributed by atoms with van der Waals surface area (Å²) in [6.45, 7) is 1.08. The van der Waals surface area contributed by atoms with Crippen molar-refractivity contribution >= 4 is 23.5 Å². The monoisotopic (exact) mass is 405 g/mol. The average molecular weight is 405 g/mol. The lowest BCUT2D eigenvalue weighted by Gasteiger charge is -2.18. The number of phenolic OH excluding ortho intramolecular Hbond substituents is 1. The molecule has 1 unspecified atom stereocenters. The zero-order valence-electron chi connectivity index (χ0n) is 16.1. The van der Waals surface area contributed by atoms with Crippen molar-refractivity contribution in [2.75, 3.05) is 19.5 Å². The summed E-state index contributed by atoms with van der Waals surface area (Å²) in [6, 6.07) is 7.97. The highest BCUT2D eigenvalue weighted by Gasteiger charge is 2.22. The van der Waals surface area contributed by atoms with Gasteiger partial charge in [0.2, 0.25) is 0 Å². The number of nitrogen functional groups attached to an aromatic ring is 1. The smallest absolute Gasteiger partial charge is 0.330 e. The summed E-state index contributed by atoms with van der Waals surface area (Å²) in [5.74, 6) is -1.54. The van der Waals surface area contributed by atoms with Crippen LogP contribution in [0.5, 0.6) is 17.2 Å². The number of nitrogens with two attached hydrogens (primary N) is 1. The maximum absolute atomic E-state index is 11.7. The zero-order chi connectivity index (χ0) is 22.1. The number of ether oxygens (including phenoxy) is 2. The number of rotatable bonds is 7. The van der Waals surface area contributed by atoms with Gasteiger partial charge in [0, 0.05) is 24.7 Å². The summed E-state index contributed by atoms with van der Waals surface area (Å²) in [6.07, 6.45) is 0. The van der Waals surface area contributed by atoms with Crippen molar-refractivity contribution in [3.63, 3.8) is 0 Å². The third kappa shape index (κ3) is 6.94. The van der Waals surface area contributed by atoms with Crippen molar-refractivity contribution in [3.05, 3.63) is 47.5 Å². The predicted molar refractivity (Wildman–Crippen MR) is 106 cm³/mol. The van der Waals surface area contributed by atoms with Crippen LogP contribution in [0.2, 0.25) is 0 Å². The maximum atomic E-state index is 11.7. The van der Waals surface area contributed by atoms with Crippen LogP contribution in [-0.4, -0.2) is 47.3 Å². The highest BCUT2D eigenvalue weighted by atomic mass is 16.5. The number of carboxylic acids is 2. The molecule has 0 aliphatic rings. The fraction of sp³-hybridized carbons (Fsp3) is 0.211. The van der Waals surface area contributed by atoms with Crippen molar-refractivity contribution < 1.29 is 34.4 Å². The second kappa shape index (κ2) is 10.4. The Balaban J connectivity index is 0.000000960. The predicted octanol–water partition coefficient (Wildman–Crippen LogP) is 2.02. The molecule has 29 heavy (non-hydrogen) atoms. The molecule has 0 bridgehead atoms. The summed E-state index contributed by atoms with van der Waals surface area (Å²) >= 11 is 0. The van der Waals surface area contributed by atoms with E-state index in [0.29, 0.717) is 22.7 Å². The second-order valence-electron chi connectivity index (χ2n) is 5.73. The van der Waals surface area contributed by atoms with E-state index in [0.717, 1.165) is 6.92 Å². The van der Waals surface area contributed by atoms with Gasteiger partial charge in [-0.05, 0) is 29.8 Å². The van der Waals surface area contributed by atoms with E-state index < -0.39 is 18.0 Å². The average Bonchev–Trinajstić information content (AvgIpc) is 2.64. The molecule has 0 aliphatic heterocycles. The number of nitrogens with one attached hydrogen (secondary N) is 2. The van der Waals surface area contributed by atoms with Crippen LogP contribution >= 0.6 is 0 Å². The molecule has 0 saturated carbocycles. The lowest BCUT2D eigenvalue weighted by Crippen LogP contribution is -2.21. The Kier molecular flexibility index (Phi) is 8.28. The lowest BCUT2D eigenvalue weighted by atomic mass is 10.0. The number of carbonyl (C=O) groups is 2. The van der Waals surface area contributed by atoms with Gasteiger partial charge in [0.25, 0.3) is 5.97 Å². The number of benzene rings is 2. The minimum atomic E-state index is -1.12. The van der Waals surface area contributed by atoms with Gasteiger partial charge < -0.3 is 35.8 Å². The van der Waals surface area contributed by atoms with Gasteiger partial charge in [0.15, 0.2) is 6.04 Å². The van der Waals surface area contributed by atoms with Gasteiger partial charge in [-0.2, -0.15) is 0 Å². The van der Waals surface area contributed by atoms with Gasteiger partial charge in [-0.3, -0.25) is 10.2 Å². The molecule has 10 heteroatoms. The molecule has 2 aromatic rings. The second-order valence-corrected chi connectivity index (χ2v) is 5.73. The highest BCUT2D eigenvalue weighted by Crippen LogP contribution is 2.30. The number of carboxylic acid groups (broad SMARTS) is 2. The molecule has 0 aromatic heterocycles. The number of amidine groups is 1. The Morgan fingerprint density at radius 1 is 1.07 bits per heavy atom. The quantitative estimate of drug-likeness (QED) is 0.297. The van der Waals surface area contributed by atoms with Gasteiger partial charge in [-0.15, -0.1) is 0 Å². The van der Waals surface area contributed by atoms with E-state index in [9.17, 15) is 15.0 Å². The van der Waals surface area contributed by atoms with Crippen LogP contribution in [0, 0.1) is 5.41 Å². The van der Waals surface area contributed by atoms with E-state index in [2.05, 4.69) is 5.32 Å². The summed E-state index contributed by atoms with van der Waals surface area (Å²) in [5, 5.41) is 37.1. The summed E-state index contributed by atoms with van der Waals surface area (Å²) in [4.78, 5) is 20.7. The van der Waals surface area contributed by atoms with E-state index in [1.165, 1.54) is 32.4 Å². The summed E-state index contributed by atoms with van der Waals surface area (Å²) in [7, 11) is 2.94. The van der Waals surface area contributed by atoms with Crippen molar-refractivity contribution in [1.29, 1.82) is 5.41 Å². The fourth-order valence-electron chi connectivity index (χ4n) is 2.30. The van der Waals surface area contributed by atoms with Crippen molar-refractivity contribution in [3.8, 4) is 17.2 Å². The first kappa shape index (κ1) is 23.1.